The number of fused-ring (bicyclic) bond motifs is 5. The molecule has 1 heterocycles. The lowest BCUT2D eigenvalue weighted by atomic mass is 9.43. The summed E-state index contributed by atoms with van der Waals surface area (Å²) in [6, 6.07) is 0.268. The number of carbonyl (C=O) groups is 1. The van der Waals surface area contributed by atoms with E-state index >= 15 is 0 Å². The second kappa shape index (κ2) is 9.18. The molecule has 1 amide bonds. The minimum atomic E-state index is -0.0717. The van der Waals surface area contributed by atoms with Crippen LogP contribution in [0.2, 0.25) is 0 Å². The minimum Gasteiger partial charge on any atom is -0.338 e. The van der Waals surface area contributed by atoms with Crippen molar-refractivity contribution in [1.29, 1.82) is 0 Å². The van der Waals surface area contributed by atoms with Gasteiger partial charge in [-0.1, -0.05) is 67.2 Å². The first kappa shape index (κ1) is 25.0. The highest BCUT2D eigenvalue weighted by Crippen LogP contribution is 2.68. The van der Waals surface area contributed by atoms with E-state index in [0.29, 0.717) is 29.2 Å². The molecule has 3 heteroatoms. The van der Waals surface area contributed by atoms with E-state index in [1.807, 2.05) is 17.9 Å². The van der Waals surface area contributed by atoms with Gasteiger partial charge in [0.15, 0.2) is 0 Å². The molecule has 0 bridgehead atoms. The molecule has 4 rings (SSSR count). The molecule has 0 spiro atoms. The number of nitrogens with zero attached hydrogens (tertiary/aromatic N) is 1. The van der Waals surface area contributed by atoms with Crippen molar-refractivity contribution in [3.8, 4) is 0 Å². The summed E-state index contributed by atoms with van der Waals surface area (Å²) >= 11 is 0. The summed E-state index contributed by atoms with van der Waals surface area (Å²) < 4.78 is 0. The quantitative estimate of drug-likeness (QED) is 0.321. The third kappa shape index (κ3) is 3.95. The molecule has 3 saturated carbocycles. The van der Waals surface area contributed by atoms with Gasteiger partial charge in [-0.3, -0.25) is 4.79 Å². The smallest absolute Gasteiger partial charge is 0.260 e. The van der Waals surface area contributed by atoms with E-state index in [1.165, 1.54) is 51.4 Å². The highest BCUT2D eigenvalue weighted by atomic mass is 16.2. The molecule has 3 nitrogen and oxygen atoms in total. The van der Waals surface area contributed by atoms with Gasteiger partial charge in [-0.05, 0) is 90.8 Å². The SMILES string of the molecule is CCC1C[C@H]2N(C)C(=O)C(=C=O)C[C@]2(C)[C@H]2CC[C@]3(C)[C@@H]([C@H](C)CCCC(C)C)CC[C@H]3[C@H]12. The van der Waals surface area contributed by atoms with E-state index in [-0.39, 0.29) is 17.4 Å². The normalized spacial score (nSPS) is 43.7. The van der Waals surface area contributed by atoms with Crippen LogP contribution in [-0.4, -0.2) is 29.8 Å². The van der Waals surface area contributed by atoms with Crippen molar-refractivity contribution in [2.24, 2.45) is 52.3 Å². The Morgan fingerprint density at radius 2 is 1.76 bits per heavy atom. The zero-order chi connectivity index (χ0) is 24.1. The van der Waals surface area contributed by atoms with Crippen molar-refractivity contribution < 1.29 is 9.59 Å². The van der Waals surface area contributed by atoms with Crippen LogP contribution in [0.3, 0.4) is 0 Å². The molecular formula is C30H49NO2. The minimum absolute atomic E-state index is 0.0219. The van der Waals surface area contributed by atoms with Crippen molar-refractivity contribution in [3.63, 3.8) is 0 Å². The van der Waals surface area contributed by atoms with Crippen LogP contribution in [0.25, 0.3) is 0 Å². The summed E-state index contributed by atoms with van der Waals surface area (Å²) in [6.07, 6.45) is 12.5. The summed E-state index contributed by atoms with van der Waals surface area (Å²) in [5, 5.41) is 0. The van der Waals surface area contributed by atoms with Crippen LogP contribution in [0.15, 0.2) is 5.57 Å². The first-order valence-corrected chi connectivity index (χ1v) is 14.1. The monoisotopic (exact) mass is 455 g/mol. The summed E-state index contributed by atoms with van der Waals surface area (Å²) in [5.74, 6) is 7.34. The van der Waals surface area contributed by atoms with Gasteiger partial charge in [-0.2, -0.15) is 0 Å². The number of rotatable bonds is 6. The van der Waals surface area contributed by atoms with Gasteiger partial charge in [0.25, 0.3) is 5.91 Å². The number of likely N-dealkylation sites (tertiary alicyclic amines) is 1. The number of hydrogen-bond donors (Lipinski definition) is 0. The lowest BCUT2D eigenvalue weighted by Crippen LogP contribution is -2.64. The van der Waals surface area contributed by atoms with Gasteiger partial charge in [0.2, 0.25) is 0 Å². The molecule has 9 atom stereocenters. The molecule has 1 saturated heterocycles. The standard InChI is InChI=1S/C30H49NO2/c1-8-21-16-26-30(6,17-22(18-32)28(33)31(26)7)25-14-15-29(5)23(12-13-24(29)27(21)25)20(4)11-9-10-19(2)3/h19-21,23-27H,8-17H2,1-7H3/t20-,21?,23-,24+,25+,26-,27+,29-,30-/m1/s1. The number of likely N-dealkylation sites (N-methyl/N-ethyl adjacent to an activating group) is 1. The van der Waals surface area contributed by atoms with Gasteiger partial charge in [0.05, 0.1) is 0 Å². The van der Waals surface area contributed by atoms with Gasteiger partial charge in [0, 0.05) is 13.1 Å². The van der Waals surface area contributed by atoms with E-state index in [4.69, 9.17) is 0 Å². The van der Waals surface area contributed by atoms with Crippen molar-refractivity contribution in [2.75, 3.05) is 7.05 Å². The van der Waals surface area contributed by atoms with Crippen LogP contribution in [0.1, 0.15) is 106 Å². The molecule has 3 aliphatic carbocycles. The Balaban J connectivity index is 1.60. The number of piperidine rings is 1. The molecule has 0 aromatic rings. The summed E-state index contributed by atoms with van der Waals surface area (Å²) in [7, 11) is 1.94. The maximum Gasteiger partial charge on any atom is 0.260 e. The van der Waals surface area contributed by atoms with Gasteiger partial charge < -0.3 is 4.90 Å². The van der Waals surface area contributed by atoms with Crippen LogP contribution in [0.5, 0.6) is 0 Å². The maximum atomic E-state index is 12.8. The Bertz CT molecular complexity index is 797. The Hall–Kier alpha value is -1.08. The molecule has 33 heavy (non-hydrogen) atoms. The molecule has 1 aliphatic heterocycles. The fourth-order valence-corrected chi connectivity index (χ4v) is 9.79. The van der Waals surface area contributed by atoms with Crippen molar-refractivity contribution in [2.45, 2.75) is 112 Å². The van der Waals surface area contributed by atoms with E-state index in [1.54, 1.807) is 0 Å². The van der Waals surface area contributed by atoms with Crippen LogP contribution < -0.4 is 0 Å². The van der Waals surface area contributed by atoms with Gasteiger partial charge in [-0.15, -0.1) is 0 Å². The maximum absolute atomic E-state index is 12.8. The Labute approximate surface area is 203 Å². The summed E-state index contributed by atoms with van der Waals surface area (Å²) in [6.45, 7) is 14.7. The van der Waals surface area contributed by atoms with Crippen molar-refractivity contribution >= 4 is 11.8 Å². The number of carbonyl (C=O) groups excluding carboxylic acids is 2. The van der Waals surface area contributed by atoms with E-state index in [9.17, 15) is 9.59 Å². The molecule has 4 aliphatic rings. The van der Waals surface area contributed by atoms with E-state index in [2.05, 4.69) is 41.5 Å². The molecule has 4 fully saturated rings. The number of amides is 1. The highest BCUT2D eigenvalue weighted by Gasteiger charge is 2.64. The molecule has 0 N–H and O–H groups in total. The topological polar surface area (TPSA) is 37.4 Å². The average Bonchev–Trinajstić information content (AvgIpc) is 3.13. The first-order chi connectivity index (χ1) is 15.6. The second-order valence-electron chi connectivity index (χ2n) is 13.4. The zero-order valence-corrected chi connectivity index (χ0v) is 22.5. The fourth-order valence-electron chi connectivity index (χ4n) is 9.79. The molecular weight excluding hydrogens is 406 g/mol. The van der Waals surface area contributed by atoms with Crippen molar-refractivity contribution in [3.05, 3.63) is 5.57 Å². The summed E-state index contributed by atoms with van der Waals surface area (Å²) in [4.78, 5) is 26.4. The third-order valence-electron chi connectivity index (χ3n) is 11.5. The molecule has 186 valence electrons. The van der Waals surface area contributed by atoms with Crippen LogP contribution >= 0.6 is 0 Å². The second-order valence-corrected chi connectivity index (χ2v) is 13.4. The average molecular weight is 456 g/mol. The van der Waals surface area contributed by atoms with E-state index < -0.39 is 0 Å². The fraction of sp³-hybridized carbons (Fsp3) is 0.900. The van der Waals surface area contributed by atoms with Crippen LogP contribution in [0.4, 0.5) is 0 Å². The van der Waals surface area contributed by atoms with E-state index in [0.717, 1.165) is 36.0 Å². The van der Waals surface area contributed by atoms with Crippen LogP contribution in [-0.2, 0) is 9.59 Å². The predicted molar refractivity (Wildman–Crippen MR) is 135 cm³/mol. The highest BCUT2D eigenvalue weighted by molar-refractivity contribution is 6.01. The summed E-state index contributed by atoms with van der Waals surface area (Å²) in [5.41, 5.74) is 0.879. The molecule has 0 aromatic heterocycles. The zero-order valence-electron chi connectivity index (χ0n) is 22.5. The first-order valence-electron chi connectivity index (χ1n) is 14.1. The molecule has 0 aromatic carbocycles. The number of hydrogen-bond acceptors (Lipinski definition) is 2. The lowest BCUT2D eigenvalue weighted by Gasteiger charge is -2.64. The third-order valence-corrected chi connectivity index (χ3v) is 11.5. The molecule has 0 radical (unpaired) electrons. The van der Waals surface area contributed by atoms with Gasteiger partial charge in [0.1, 0.15) is 11.5 Å². The van der Waals surface area contributed by atoms with Gasteiger partial charge in [-0.25, -0.2) is 4.79 Å². The van der Waals surface area contributed by atoms with Crippen molar-refractivity contribution in [1.82, 2.24) is 4.90 Å². The Morgan fingerprint density at radius 1 is 1.06 bits per heavy atom. The molecule has 1 unspecified atom stereocenters. The lowest BCUT2D eigenvalue weighted by molar-refractivity contribution is -0.161. The Morgan fingerprint density at radius 3 is 2.39 bits per heavy atom. The van der Waals surface area contributed by atoms with Crippen LogP contribution in [0, 0.1) is 52.3 Å². The Kier molecular flexibility index (Phi) is 6.96. The largest absolute Gasteiger partial charge is 0.338 e. The predicted octanol–water partition coefficient (Wildman–Crippen LogP) is 6.93. The van der Waals surface area contributed by atoms with Gasteiger partial charge >= 0.3 is 0 Å².